The van der Waals surface area contributed by atoms with E-state index in [2.05, 4.69) is 9.97 Å². The molecule has 0 aliphatic carbocycles. The van der Waals surface area contributed by atoms with E-state index in [0.717, 1.165) is 5.69 Å². The number of aromatic nitrogens is 2. The third-order valence-corrected chi connectivity index (χ3v) is 6.20. The van der Waals surface area contributed by atoms with Crippen molar-refractivity contribution in [3.8, 4) is 0 Å². The molecule has 0 aliphatic heterocycles. The van der Waals surface area contributed by atoms with Gasteiger partial charge in [0.05, 0.1) is 17.5 Å². The molecule has 0 aromatic carbocycles. The van der Waals surface area contributed by atoms with Gasteiger partial charge < -0.3 is 14.6 Å². The molecule has 3 rings (SSSR count). The van der Waals surface area contributed by atoms with E-state index in [1.165, 1.54) is 11.3 Å². The second kappa shape index (κ2) is 10.4. The number of esters is 1. The van der Waals surface area contributed by atoms with Gasteiger partial charge in [0.1, 0.15) is 5.69 Å². The van der Waals surface area contributed by atoms with Gasteiger partial charge in [0.25, 0.3) is 5.91 Å². The number of aryl methyl sites for hydroxylation is 1. The number of ketones is 1. The molecule has 0 radical (unpaired) electrons. The van der Waals surface area contributed by atoms with E-state index in [9.17, 15) is 14.4 Å². The number of thiophene rings is 1. The van der Waals surface area contributed by atoms with E-state index < -0.39 is 12.0 Å². The summed E-state index contributed by atoms with van der Waals surface area (Å²) >= 11 is 1.34. The highest BCUT2D eigenvalue weighted by Crippen LogP contribution is 2.23. The smallest absolute Gasteiger partial charge is 0.355 e. The summed E-state index contributed by atoms with van der Waals surface area (Å²) in [6, 6.07) is 8.47. The largest absolute Gasteiger partial charge is 0.461 e. The molecule has 1 N–H and O–H groups in total. The number of nitrogens with one attached hydrogen (secondary N) is 1. The molecule has 168 valence electrons. The van der Waals surface area contributed by atoms with Crippen molar-refractivity contribution < 1.29 is 19.1 Å². The summed E-state index contributed by atoms with van der Waals surface area (Å²) in [5.41, 5.74) is 2.64. The van der Waals surface area contributed by atoms with Gasteiger partial charge in [-0.2, -0.15) is 0 Å². The zero-order chi connectivity index (χ0) is 23.3. The number of carbonyl (C=O) groups excluding carboxylic acids is 3. The third kappa shape index (κ3) is 4.96. The summed E-state index contributed by atoms with van der Waals surface area (Å²) in [5, 5.41) is 1.84. The summed E-state index contributed by atoms with van der Waals surface area (Å²) in [4.78, 5) is 48.5. The number of aromatic amines is 1. The van der Waals surface area contributed by atoms with E-state index in [0.29, 0.717) is 34.7 Å². The number of pyridine rings is 1. The maximum Gasteiger partial charge on any atom is 0.355 e. The molecule has 0 fully saturated rings. The second-order valence-electron chi connectivity index (χ2n) is 7.43. The van der Waals surface area contributed by atoms with E-state index in [1.54, 1.807) is 44.9 Å². The minimum atomic E-state index is -0.725. The lowest BCUT2D eigenvalue weighted by Gasteiger charge is -2.28. The molecule has 0 bridgehead atoms. The SMILES string of the molecule is CCOC(=O)c1[nH]c(C)c(C(=O)[C@@H](C)N(CCc2ccccn2)C(=O)c2cccs2)c1C. The number of hydrogen-bond acceptors (Lipinski definition) is 6. The highest BCUT2D eigenvalue weighted by atomic mass is 32.1. The maximum absolute atomic E-state index is 13.5. The Morgan fingerprint density at radius 1 is 1.19 bits per heavy atom. The van der Waals surface area contributed by atoms with Crippen molar-refractivity contribution in [3.63, 3.8) is 0 Å². The Kier molecular flexibility index (Phi) is 7.58. The second-order valence-corrected chi connectivity index (χ2v) is 8.38. The fourth-order valence-corrected chi connectivity index (χ4v) is 4.35. The van der Waals surface area contributed by atoms with E-state index in [1.807, 2.05) is 29.6 Å². The monoisotopic (exact) mass is 453 g/mol. The molecule has 0 spiro atoms. The molecule has 0 aliphatic rings. The Bertz CT molecular complexity index is 1090. The van der Waals surface area contributed by atoms with Gasteiger partial charge in [-0.15, -0.1) is 11.3 Å². The van der Waals surface area contributed by atoms with Crippen molar-refractivity contribution >= 4 is 29.0 Å². The summed E-state index contributed by atoms with van der Waals surface area (Å²) in [7, 11) is 0. The van der Waals surface area contributed by atoms with Gasteiger partial charge in [-0.3, -0.25) is 14.6 Å². The molecule has 0 unspecified atom stereocenters. The molecule has 0 saturated heterocycles. The van der Waals surface area contributed by atoms with Gasteiger partial charge in [-0.25, -0.2) is 4.79 Å². The number of Topliss-reactive ketones (excluding diaryl/α,β-unsaturated/α-hetero) is 1. The first-order valence-electron chi connectivity index (χ1n) is 10.5. The molecule has 8 heteroatoms. The average molecular weight is 454 g/mol. The predicted molar refractivity (Wildman–Crippen MR) is 123 cm³/mol. The zero-order valence-corrected chi connectivity index (χ0v) is 19.5. The molecule has 0 saturated carbocycles. The quantitative estimate of drug-likeness (QED) is 0.387. The van der Waals surface area contributed by atoms with Crippen LogP contribution in [0.4, 0.5) is 0 Å². The number of hydrogen-bond donors (Lipinski definition) is 1. The van der Waals surface area contributed by atoms with Crippen LogP contribution in [0.25, 0.3) is 0 Å². The molecule has 1 amide bonds. The maximum atomic E-state index is 13.5. The van der Waals surface area contributed by atoms with Crippen molar-refractivity contribution in [2.45, 2.75) is 40.2 Å². The van der Waals surface area contributed by atoms with Crippen LogP contribution in [0.3, 0.4) is 0 Å². The van der Waals surface area contributed by atoms with Crippen LogP contribution in [0.2, 0.25) is 0 Å². The van der Waals surface area contributed by atoms with Gasteiger partial charge in [-0.05, 0) is 56.8 Å². The Hall–Kier alpha value is -3.26. The Morgan fingerprint density at radius 2 is 1.97 bits per heavy atom. The lowest BCUT2D eigenvalue weighted by atomic mass is 9.99. The number of H-pyrrole nitrogens is 1. The molecule has 7 nitrogen and oxygen atoms in total. The zero-order valence-electron chi connectivity index (χ0n) is 18.7. The summed E-state index contributed by atoms with van der Waals surface area (Å²) in [5.74, 6) is -0.924. The summed E-state index contributed by atoms with van der Waals surface area (Å²) in [6.45, 7) is 7.50. The Balaban J connectivity index is 1.90. The molecule has 3 aromatic heterocycles. The Labute approximate surface area is 191 Å². The molecule has 32 heavy (non-hydrogen) atoms. The molecule has 3 aromatic rings. The van der Waals surface area contributed by atoms with Crippen LogP contribution in [0.1, 0.15) is 61.3 Å². The molecular weight excluding hydrogens is 426 g/mol. The fraction of sp³-hybridized carbons (Fsp3) is 0.333. The highest BCUT2D eigenvalue weighted by molar-refractivity contribution is 7.12. The van der Waals surface area contributed by atoms with Crippen molar-refractivity contribution in [1.29, 1.82) is 0 Å². The number of amides is 1. The van der Waals surface area contributed by atoms with Crippen LogP contribution in [0.5, 0.6) is 0 Å². The van der Waals surface area contributed by atoms with Crippen molar-refractivity contribution in [3.05, 3.63) is 75.0 Å². The summed E-state index contributed by atoms with van der Waals surface area (Å²) in [6.07, 6.45) is 2.23. The van der Waals surface area contributed by atoms with Crippen LogP contribution in [-0.4, -0.2) is 51.7 Å². The minimum Gasteiger partial charge on any atom is -0.461 e. The van der Waals surface area contributed by atoms with Crippen LogP contribution < -0.4 is 0 Å². The van der Waals surface area contributed by atoms with Crippen LogP contribution in [0, 0.1) is 13.8 Å². The van der Waals surface area contributed by atoms with Crippen LogP contribution >= 0.6 is 11.3 Å². The first kappa shape index (κ1) is 23.4. The molecule has 1 atom stereocenters. The van der Waals surface area contributed by atoms with Crippen molar-refractivity contribution in [2.75, 3.05) is 13.2 Å². The summed E-state index contributed by atoms with van der Waals surface area (Å²) < 4.78 is 5.09. The standard InChI is InChI=1S/C24H27N3O4S/c1-5-31-24(30)21-15(2)20(16(3)26-21)22(28)17(4)27(23(29)19-10-8-14-32-19)13-11-18-9-6-7-12-25-18/h6-10,12,14,17,26H,5,11,13H2,1-4H3/t17-/m1/s1. The number of nitrogens with zero attached hydrogens (tertiary/aromatic N) is 2. The minimum absolute atomic E-state index is 0.201. The number of rotatable bonds is 9. The van der Waals surface area contributed by atoms with E-state index in [4.69, 9.17) is 4.74 Å². The Morgan fingerprint density at radius 3 is 2.59 bits per heavy atom. The van der Waals surface area contributed by atoms with Gasteiger partial charge in [0.15, 0.2) is 5.78 Å². The van der Waals surface area contributed by atoms with Gasteiger partial charge in [-0.1, -0.05) is 12.1 Å². The van der Waals surface area contributed by atoms with Crippen LogP contribution in [0.15, 0.2) is 41.9 Å². The van der Waals surface area contributed by atoms with Gasteiger partial charge in [0.2, 0.25) is 0 Å². The van der Waals surface area contributed by atoms with E-state index >= 15 is 0 Å². The van der Waals surface area contributed by atoms with Crippen molar-refractivity contribution in [2.24, 2.45) is 0 Å². The lowest BCUT2D eigenvalue weighted by Crippen LogP contribution is -2.44. The predicted octanol–water partition coefficient (Wildman–Crippen LogP) is 4.22. The first-order chi connectivity index (χ1) is 15.3. The lowest BCUT2D eigenvalue weighted by molar-refractivity contribution is 0.0519. The molecule has 3 heterocycles. The number of carbonyl (C=O) groups is 3. The van der Waals surface area contributed by atoms with Crippen LogP contribution in [-0.2, 0) is 11.2 Å². The third-order valence-electron chi connectivity index (χ3n) is 5.34. The van der Waals surface area contributed by atoms with Crippen molar-refractivity contribution in [1.82, 2.24) is 14.9 Å². The molecular formula is C24H27N3O4S. The van der Waals surface area contributed by atoms with Gasteiger partial charge >= 0.3 is 5.97 Å². The fourth-order valence-electron chi connectivity index (χ4n) is 3.67. The van der Waals surface area contributed by atoms with Gasteiger partial charge in [0, 0.05) is 36.1 Å². The van der Waals surface area contributed by atoms with E-state index in [-0.39, 0.29) is 24.0 Å². The number of ether oxygens (including phenoxy) is 1. The highest BCUT2D eigenvalue weighted by Gasteiger charge is 2.32. The first-order valence-corrected chi connectivity index (χ1v) is 11.4. The normalized spacial score (nSPS) is 11.8. The topological polar surface area (TPSA) is 92.4 Å². The average Bonchev–Trinajstić information content (AvgIpc) is 3.42.